The molecule has 0 radical (unpaired) electrons. The summed E-state index contributed by atoms with van der Waals surface area (Å²) >= 11 is 0. The zero-order valence-corrected chi connectivity index (χ0v) is 7.79. The van der Waals surface area contributed by atoms with Gasteiger partial charge in [-0.15, -0.1) is 12.3 Å². The number of rotatable bonds is 4. The van der Waals surface area contributed by atoms with Gasteiger partial charge in [0.1, 0.15) is 0 Å². The molecule has 14 heavy (non-hydrogen) atoms. The van der Waals surface area contributed by atoms with Crippen LogP contribution in [0.2, 0.25) is 0 Å². The van der Waals surface area contributed by atoms with Gasteiger partial charge in [0, 0.05) is 25.4 Å². The molecule has 1 rings (SSSR count). The van der Waals surface area contributed by atoms with Gasteiger partial charge < -0.3 is 16.0 Å². The molecule has 4 heteroatoms. The highest BCUT2D eigenvalue weighted by atomic mass is 16.2. The van der Waals surface area contributed by atoms with Crippen LogP contribution in [-0.2, 0) is 11.3 Å². The van der Waals surface area contributed by atoms with Crippen molar-refractivity contribution in [3.8, 4) is 12.3 Å². The van der Waals surface area contributed by atoms with Crippen molar-refractivity contribution in [2.45, 2.75) is 19.0 Å². The molecule has 74 valence electrons. The van der Waals surface area contributed by atoms with Crippen molar-refractivity contribution < 1.29 is 4.79 Å². The van der Waals surface area contributed by atoms with Crippen LogP contribution in [0.1, 0.15) is 12.0 Å². The van der Waals surface area contributed by atoms with Crippen LogP contribution < -0.4 is 11.1 Å². The van der Waals surface area contributed by atoms with Gasteiger partial charge in [0.05, 0.1) is 6.04 Å². The molecule has 1 heterocycles. The summed E-state index contributed by atoms with van der Waals surface area (Å²) in [6.45, 7) is 0.473. The molecule has 1 unspecified atom stereocenters. The lowest BCUT2D eigenvalue weighted by molar-refractivity contribution is -0.122. The molecule has 0 aliphatic rings. The number of carbonyl (C=O) groups excluding carboxylic acids is 1. The Hall–Kier alpha value is -1.73. The number of terminal acetylenes is 1. The molecule has 0 bridgehead atoms. The summed E-state index contributed by atoms with van der Waals surface area (Å²) in [7, 11) is 0. The van der Waals surface area contributed by atoms with Gasteiger partial charge in [-0.05, 0) is 11.6 Å². The third-order valence-corrected chi connectivity index (χ3v) is 1.80. The minimum atomic E-state index is -0.612. The predicted octanol–water partition coefficient (Wildman–Crippen LogP) is -0.0185. The van der Waals surface area contributed by atoms with Crippen LogP contribution in [-0.4, -0.2) is 16.9 Å². The van der Waals surface area contributed by atoms with Crippen molar-refractivity contribution >= 4 is 5.91 Å². The quantitative estimate of drug-likeness (QED) is 0.585. The Morgan fingerprint density at radius 1 is 1.79 bits per heavy atom. The number of hydrogen-bond donors (Lipinski definition) is 3. The first-order chi connectivity index (χ1) is 6.74. The van der Waals surface area contributed by atoms with Crippen molar-refractivity contribution in [1.29, 1.82) is 0 Å². The van der Waals surface area contributed by atoms with Gasteiger partial charge in [0.2, 0.25) is 5.91 Å². The smallest absolute Gasteiger partial charge is 0.238 e. The number of amides is 1. The molecule has 4 nitrogen and oxygen atoms in total. The molecule has 1 aromatic rings. The van der Waals surface area contributed by atoms with Crippen molar-refractivity contribution in [3.63, 3.8) is 0 Å². The molecule has 0 aromatic carbocycles. The topological polar surface area (TPSA) is 70.9 Å². The van der Waals surface area contributed by atoms with E-state index in [-0.39, 0.29) is 12.3 Å². The van der Waals surface area contributed by atoms with Gasteiger partial charge in [0.15, 0.2) is 0 Å². The number of hydrogen-bond acceptors (Lipinski definition) is 2. The highest BCUT2D eigenvalue weighted by Gasteiger charge is 2.10. The maximum atomic E-state index is 11.3. The molecule has 0 spiro atoms. The van der Waals surface area contributed by atoms with E-state index in [0.29, 0.717) is 6.54 Å². The van der Waals surface area contributed by atoms with Gasteiger partial charge in [-0.25, -0.2) is 0 Å². The van der Waals surface area contributed by atoms with Gasteiger partial charge in [-0.3, -0.25) is 4.79 Å². The Morgan fingerprint density at radius 2 is 2.57 bits per heavy atom. The van der Waals surface area contributed by atoms with E-state index in [9.17, 15) is 4.79 Å². The highest BCUT2D eigenvalue weighted by molar-refractivity contribution is 5.81. The van der Waals surface area contributed by atoms with E-state index in [2.05, 4.69) is 16.2 Å². The molecule has 1 atom stereocenters. The van der Waals surface area contributed by atoms with E-state index in [1.54, 1.807) is 6.20 Å². The van der Waals surface area contributed by atoms with Gasteiger partial charge in [-0.1, -0.05) is 0 Å². The Labute approximate surface area is 82.9 Å². The summed E-state index contributed by atoms with van der Waals surface area (Å²) in [6, 6.07) is 1.27. The second kappa shape index (κ2) is 5.10. The monoisotopic (exact) mass is 191 g/mol. The lowest BCUT2D eigenvalue weighted by atomic mass is 10.2. The summed E-state index contributed by atoms with van der Waals surface area (Å²) in [5, 5.41) is 2.69. The van der Waals surface area contributed by atoms with Crippen molar-refractivity contribution in [3.05, 3.63) is 24.0 Å². The van der Waals surface area contributed by atoms with Crippen LogP contribution in [0, 0.1) is 12.3 Å². The molecular weight excluding hydrogens is 178 g/mol. The number of H-pyrrole nitrogens is 1. The Kier molecular flexibility index (Phi) is 3.77. The zero-order valence-electron chi connectivity index (χ0n) is 7.79. The predicted molar refractivity (Wildman–Crippen MR) is 54.1 cm³/mol. The van der Waals surface area contributed by atoms with E-state index in [1.165, 1.54) is 0 Å². The SMILES string of the molecule is C#CCC(N)C(=O)NCc1cc[nH]c1. The largest absolute Gasteiger partial charge is 0.367 e. The highest BCUT2D eigenvalue weighted by Crippen LogP contribution is 1.95. The van der Waals surface area contributed by atoms with Gasteiger partial charge in [-0.2, -0.15) is 0 Å². The van der Waals surface area contributed by atoms with E-state index in [1.807, 2.05) is 12.3 Å². The van der Waals surface area contributed by atoms with Crippen LogP contribution in [0.15, 0.2) is 18.5 Å². The average molecular weight is 191 g/mol. The van der Waals surface area contributed by atoms with Crippen molar-refractivity contribution in [2.75, 3.05) is 0 Å². The number of nitrogens with two attached hydrogens (primary N) is 1. The van der Waals surface area contributed by atoms with Gasteiger partial charge in [0.25, 0.3) is 0 Å². The van der Waals surface area contributed by atoms with E-state index < -0.39 is 6.04 Å². The number of aromatic amines is 1. The third-order valence-electron chi connectivity index (χ3n) is 1.80. The van der Waals surface area contributed by atoms with Crippen LogP contribution in [0.5, 0.6) is 0 Å². The summed E-state index contributed by atoms with van der Waals surface area (Å²) in [6.07, 6.45) is 8.91. The van der Waals surface area contributed by atoms with E-state index in [0.717, 1.165) is 5.56 Å². The van der Waals surface area contributed by atoms with Crippen LogP contribution in [0.4, 0.5) is 0 Å². The number of carbonyl (C=O) groups is 1. The molecule has 1 aromatic heterocycles. The number of nitrogens with one attached hydrogen (secondary N) is 2. The lowest BCUT2D eigenvalue weighted by Crippen LogP contribution is -2.39. The first-order valence-corrected chi connectivity index (χ1v) is 4.32. The second-order valence-corrected chi connectivity index (χ2v) is 2.95. The molecule has 1 amide bonds. The Balaban J connectivity index is 2.32. The third kappa shape index (κ3) is 2.96. The fraction of sp³-hybridized carbons (Fsp3) is 0.300. The normalized spacial score (nSPS) is 11.7. The summed E-state index contributed by atoms with van der Waals surface area (Å²) in [5.74, 6) is 2.13. The molecule has 0 saturated heterocycles. The van der Waals surface area contributed by atoms with Crippen molar-refractivity contribution in [2.24, 2.45) is 5.73 Å². The molecule has 0 aliphatic carbocycles. The average Bonchev–Trinajstić information content (AvgIpc) is 2.67. The van der Waals surface area contributed by atoms with Crippen LogP contribution >= 0.6 is 0 Å². The maximum absolute atomic E-state index is 11.3. The Morgan fingerprint density at radius 3 is 3.14 bits per heavy atom. The fourth-order valence-corrected chi connectivity index (χ4v) is 1.01. The first kappa shape index (κ1) is 10.4. The summed E-state index contributed by atoms with van der Waals surface area (Å²) < 4.78 is 0. The first-order valence-electron chi connectivity index (χ1n) is 4.32. The molecule has 0 aliphatic heterocycles. The van der Waals surface area contributed by atoms with E-state index in [4.69, 9.17) is 12.2 Å². The standard InChI is InChI=1S/C10H13N3O/c1-2-3-9(11)10(14)13-7-8-4-5-12-6-8/h1,4-6,9,12H,3,7,11H2,(H,13,14). The minimum Gasteiger partial charge on any atom is -0.367 e. The lowest BCUT2D eigenvalue weighted by Gasteiger charge is -2.08. The molecule has 0 fully saturated rings. The molecule has 4 N–H and O–H groups in total. The minimum absolute atomic E-state index is 0.218. The molecular formula is C10H13N3O. The zero-order chi connectivity index (χ0) is 10.4. The summed E-state index contributed by atoms with van der Waals surface area (Å²) in [5.41, 5.74) is 6.51. The van der Waals surface area contributed by atoms with Crippen molar-refractivity contribution in [1.82, 2.24) is 10.3 Å². The molecule has 0 saturated carbocycles. The fourth-order valence-electron chi connectivity index (χ4n) is 1.01. The van der Waals surface area contributed by atoms with Crippen LogP contribution in [0.3, 0.4) is 0 Å². The van der Waals surface area contributed by atoms with E-state index >= 15 is 0 Å². The van der Waals surface area contributed by atoms with Crippen LogP contribution in [0.25, 0.3) is 0 Å². The van der Waals surface area contributed by atoms with Gasteiger partial charge >= 0.3 is 0 Å². The Bertz CT molecular complexity index is 324. The maximum Gasteiger partial charge on any atom is 0.238 e. The summed E-state index contributed by atoms with van der Waals surface area (Å²) in [4.78, 5) is 14.2. The second-order valence-electron chi connectivity index (χ2n) is 2.95. The number of aromatic nitrogens is 1.